The van der Waals surface area contributed by atoms with E-state index in [0.717, 1.165) is 59.5 Å². The van der Waals surface area contributed by atoms with Gasteiger partial charge in [-0.1, -0.05) is 24.6 Å². The van der Waals surface area contributed by atoms with Crippen LogP contribution in [0, 0.1) is 13.8 Å². The van der Waals surface area contributed by atoms with Gasteiger partial charge in [0.25, 0.3) is 11.8 Å². The zero-order valence-electron chi connectivity index (χ0n) is 16.6. The van der Waals surface area contributed by atoms with E-state index in [1.807, 2.05) is 48.9 Å². The van der Waals surface area contributed by atoms with Crippen molar-refractivity contribution in [1.82, 2.24) is 9.78 Å². The zero-order valence-corrected chi connectivity index (χ0v) is 17.4. The summed E-state index contributed by atoms with van der Waals surface area (Å²) >= 11 is 1.37. The number of anilines is 1. The van der Waals surface area contributed by atoms with E-state index >= 15 is 0 Å². The predicted octanol–water partition coefficient (Wildman–Crippen LogP) is 4.17. The van der Waals surface area contributed by atoms with Crippen molar-refractivity contribution in [2.75, 3.05) is 5.32 Å². The number of rotatable bonds is 4. The van der Waals surface area contributed by atoms with Crippen LogP contribution in [0.25, 0.3) is 5.69 Å². The van der Waals surface area contributed by atoms with Crippen molar-refractivity contribution in [3.8, 4) is 5.69 Å². The molecule has 3 N–H and O–H groups in total. The van der Waals surface area contributed by atoms with Gasteiger partial charge >= 0.3 is 0 Å². The number of nitrogens with zero attached hydrogens (tertiary/aromatic N) is 2. The van der Waals surface area contributed by atoms with E-state index in [1.165, 1.54) is 11.3 Å². The van der Waals surface area contributed by atoms with Crippen LogP contribution in [0.1, 0.15) is 61.8 Å². The zero-order chi connectivity index (χ0) is 20.5. The average molecular weight is 409 g/mol. The maximum atomic E-state index is 13.2. The summed E-state index contributed by atoms with van der Waals surface area (Å²) in [6, 6.07) is 9.90. The molecule has 0 spiro atoms. The van der Waals surface area contributed by atoms with Gasteiger partial charge in [0.2, 0.25) is 0 Å². The molecule has 0 saturated heterocycles. The normalized spacial score (nSPS) is 13.6. The molecule has 29 heavy (non-hydrogen) atoms. The molecule has 4 rings (SSSR count). The van der Waals surface area contributed by atoms with Crippen LogP contribution in [0.3, 0.4) is 0 Å². The van der Waals surface area contributed by atoms with Gasteiger partial charge in [-0.2, -0.15) is 5.10 Å². The van der Waals surface area contributed by atoms with Crippen molar-refractivity contribution in [2.45, 2.75) is 46.0 Å². The van der Waals surface area contributed by atoms with Crippen LogP contribution in [0.4, 0.5) is 5.00 Å². The maximum Gasteiger partial charge on any atom is 0.277 e. The topological polar surface area (TPSA) is 90.0 Å². The molecule has 150 valence electrons. The standard InChI is InChI=1S/C22H24N4O2S/c1-13-14(2)29-22(18(13)20(23)27)24-21(28)19-16-11-7-4-8-12-17(16)26(25-19)15-9-5-3-6-10-15/h3,5-6,9-10H,4,7-8,11-12H2,1-2H3,(H2,23,27)(H,24,28). The van der Waals surface area contributed by atoms with Gasteiger partial charge in [0.1, 0.15) is 5.00 Å². The number of para-hydroxylation sites is 1. The molecule has 0 aliphatic heterocycles. The summed E-state index contributed by atoms with van der Waals surface area (Å²) < 4.78 is 1.90. The lowest BCUT2D eigenvalue weighted by Gasteiger charge is -2.06. The van der Waals surface area contributed by atoms with Crippen molar-refractivity contribution in [1.29, 1.82) is 0 Å². The molecular formula is C22H24N4O2S. The lowest BCUT2D eigenvalue weighted by Crippen LogP contribution is -2.18. The van der Waals surface area contributed by atoms with Crippen LogP contribution in [-0.2, 0) is 12.8 Å². The van der Waals surface area contributed by atoms with Crippen molar-refractivity contribution >= 4 is 28.2 Å². The highest BCUT2D eigenvalue weighted by atomic mass is 32.1. The Hall–Kier alpha value is -2.93. The molecule has 0 fully saturated rings. The summed E-state index contributed by atoms with van der Waals surface area (Å²) in [6.45, 7) is 3.76. The van der Waals surface area contributed by atoms with Crippen molar-refractivity contribution in [2.24, 2.45) is 5.73 Å². The second kappa shape index (κ2) is 7.83. The van der Waals surface area contributed by atoms with E-state index in [2.05, 4.69) is 5.32 Å². The molecule has 1 aliphatic carbocycles. The number of amides is 2. The Morgan fingerprint density at radius 3 is 2.55 bits per heavy atom. The van der Waals surface area contributed by atoms with Gasteiger partial charge in [-0.05, 0) is 57.2 Å². The number of benzene rings is 1. The molecule has 1 aliphatic rings. The Morgan fingerprint density at radius 1 is 1.10 bits per heavy atom. The Balaban J connectivity index is 1.76. The molecule has 0 radical (unpaired) electrons. The fourth-order valence-corrected chi connectivity index (χ4v) is 4.98. The molecule has 2 heterocycles. The van der Waals surface area contributed by atoms with Crippen molar-refractivity contribution < 1.29 is 9.59 Å². The number of fused-ring (bicyclic) bond motifs is 1. The highest BCUT2D eigenvalue weighted by Gasteiger charge is 2.26. The summed E-state index contributed by atoms with van der Waals surface area (Å²) in [6.07, 6.45) is 4.99. The number of nitrogens with one attached hydrogen (secondary N) is 1. The SMILES string of the molecule is Cc1sc(NC(=O)c2nn(-c3ccccc3)c3c2CCCCC3)c(C(N)=O)c1C. The minimum atomic E-state index is -0.532. The number of hydrogen-bond acceptors (Lipinski definition) is 4. The number of thiophene rings is 1. The lowest BCUT2D eigenvalue weighted by atomic mass is 10.1. The highest BCUT2D eigenvalue weighted by Crippen LogP contribution is 2.33. The molecule has 1 aromatic carbocycles. The third-order valence-corrected chi connectivity index (χ3v) is 6.63. The molecule has 0 bridgehead atoms. The third-order valence-electron chi connectivity index (χ3n) is 5.50. The van der Waals surface area contributed by atoms with Crippen LogP contribution in [-0.4, -0.2) is 21.6 Å². The molecule has 0 atom stereocenters. The maximum absolute atomic E-state index is 13.2. The van der Waals surface area contributed by atoms with E-state index in [0.29, 0.717) is 16.3 Å². The number of hydrogen-bond donors (Lipinski definition) is 2. The molecule has 0 saturated carbocycles. The Morgan fingerprint density at radius 2 is 1.83 bits per heavy atom. The summed E-state index contributed by atoms with van der Waals surface area (Å²) in [5.41, 5.74) is 10.2. The summed E-state index contributed by atoms with van der Waals surface area (Å²) in [5.74, 6) is -0.822. The second-order valence-electron chi connectivity index (χ2n) is 7.39. The largest absolute Gasteiger partial charge is 0.365 e. The third kappa shape index (κ3) is 3.58. The minimum Gasteiger partial charge on any atom is -0.365 e. The fourth-order valence-electron chi connectivity index (χ4n) is 3.91. The van der Waals surface area contributed by atoms with Crippen LogP contribution in [0.2, 0.25) is 0 Å². The number of nitrogens with two attached hydrogens (primary N) is 1. The first-order valence-electron chi connectivity index (χ1n) is 9.84. The van der Waals surface area contributed by atoms with E-state index in [-0.39, 0.29) is 5.91 Å². The number of aromatic nitrogens is 2. The van der Waals surface area contributed by atoms with Crippen LogP contribution >= 0.6 is 11.3 Å². The Kier molecular flexibility index (Phi) is 5.24. The first kappa shape index (κ1) is 19.4. The summed E-state index contributed by atoms with van der Waals surface area (Å²) in [7, 11) is 0. The van der Waals surface area contributed by atoms with E-state index in [9.17, 15) is 9.59 Å². The van der Waals surface area contributed by atoms with Crippen LogP contribution < -0.4 is 11.1 Å². The Labute approximate surface area is 173 Å². The van der Waals surface area contributed by atoms with Gasteiger partial charge in [0, 0.05) is 16.1 Å². The van der Waals surface area contributed by atoms with Crippen LogP contribution in [0.5, 0.6) is 0 Å². The van der Waals surface area contributed by atoms with E-state index < -0.39 is 5.91 Å². The summed E-state index contributed by atoms with van der Waals surface area (Å²) in [5, 5.41) is 8.10. The Bertz CT molecular complexity index is 1080. The monoisotopic (exact) mass is 408 g/mol. The van der Waals surface area contributed by atoms with Gasteiger partial charge in [0.05, 0.1) is 11.3 Å². The van der Waals surface area contributed by atoms with Gasteiger partial charge in [-0.15, -0.1) is 11.3 Å². The fraction of sp³-hybridized carbons (Fsp3) is 0.318. The van der Waals surface area contributed by atoms with Gasteiger partial charge < -0.3 is 11.1 Å². The molecule has 0 unspecified atom stereocenters. The molecule has 2 aromatic heterocycles. The minimum absolute atomic E-state index is 0.290. The molecule has 7 heteroatoms. The average Bonchev–Trinajstić information content (AvgIpc) is 3.08. The lowest BCUT2D eigenvalue weighted by molar-refractivity contribution is 0.100. The second-order valence-corrected chi connectivity index (χ2v) is 8.61. The first-order chi connectivity index (χ1) is 14.0. The number of aryl methyl sites for hydroxylation is 1. The molecule has 2 amide bonds. The summed E-state index contributed by atoms with van der Waals surface area (Å²) in [4.78, 5) is 26.1. The smallest absolute Gasteiger partial charge is 0.277 e. The van der Waals surface area contributed by atoms with Crippen molar-refractivity contribution in [3.05, 3.63) is 63.3 Å². The van der Waals surface area contributed by atoms with Crippen LogP contribution in [0.15, 0.2) is 30.3 Å². The number of carbonyl (C=O) groups excluding carboxylic acids is 2. The number of primary amides is 1. The quantitative estimate of drug-likeness (QED) is 0.635. The van der Waals surface area contributed by atoms with E-state index in [1.54, 1.807) is 0 Å². The van der Waals surface area contributed by atoms with Gasteiger partial charge in [0.15, 0.2) is 5.69 Å². The van der Waals surface area contributed by atoms with Crippen molar-refractivity contribution in [3.63, 3.8) is 0 Å². The molecule has 6 nitrogen and oxygen atoms in total. The number of carbonyl (C=O) groups is 2. The van der Waals surface area contributed by atoms with Gasteiger partial charge in [-0.25, -0.2) is 4.68 Å². The predicted molar refractivity (Wildman–Crippen MR) is 115 cm³/mol. The highest BCUT2D eigenvalue weighted by molar-refractivity contribution is 7.16. The van der Waals surface area contributed by atoms with E-state index in [4.69, 9.17) is 10.8 Å². The first-order valence-corrected chi connectivity index (χ1v) is 10.7. The molecular weight excluding hydrogens is 384 g/mol. The molecule has 3 aromatic rings. The van der Waals surface area contributed by atoms with Gasteiger partial charge in [-0.3, -0.25) is 9.59 Å².